The van der Waals surface area contributed by atoms with E-state index in [0.29, 0.717) is 39.2 Å². The minimum absolute atomic E-state index is 0.191. The van der Waals surface area contributed by atoms with Crippen molar-refractivity contribution in [3.63, 3.8) is 0 Å². The van der Waals surface area contributed by atoms with Crippen molar-refractivity contribution in [3.8, 4) is 0 Å². The fourth-order valence-electron chi connectivity index (χ4n) is 3.04. The van der Waals surface area contributed by atoms with Crippen LogP contribution in [-0.2, 0) is 20.7 Å². The lowest BCUT2D eigenvalue weighted by atomic mass is 10.0. The molecule has 1 heterocycles. The molecule has 1 fully saturated rings. The Kier molecular flexibility index (Phi) is 7.87. The highest BCUT2D eigenvalue weighted by atomic mass is 16.6. The van der Waals surface area contributed by atoms with E-state index in [1.807, 2.05) is 30.3 Å². The van der Waals surface area contributed by atoms with E-state index in [0.717, 1.165) is 5.56 Å². The van der Waals surface area contributed by atoms with Gasteiger partial charge in [0.15, 0.2) is 0 Å². The van der Waals surface area contributed by atoms with Crippen LogP contribution in [0.1, 0.15) is 33.3 Å². The standard InChI is InChI=1S/C21H31N3O5/c1-5-28-20(27)24-13-11-23(12-14-24)18(25)17(15-16-9-7-6-8-10-16)22-19(26)29-21(2,3)4/h6-10,17H,5,11-15H2,1-4H3,(H,22,26)/t17-/m0/s1. The number of ether oxygens (including phenoxy) is 2. The van der Waals surface area contributed by atoms with Gasteiger partial charge in [-0.2, -0.15) is 0 Å². The first-order chi connectivity index (χ1) is 13.7. The van der Waals surface area contributed by atoms with Gasteiger partial charge >= 0.3 is 12.2 Å². The van der Waals surface area contributed by atoms with E-state index < -0.39 is 17.7 Å². The summed E-state index contributed by atoms with van der Waals surface area (Å²) < 4.78 is 10.3. The molecule has 0 radical (unpaired) electrons. The molecule has 160 valence electrons. The van der Waals surface area contributed by atoms with Gasteiger partial charge < -0.3 is 24.6 Å². The molecule has 0 aromatic heterocycles. The van der Waals surface area contributed by atoms with E-state index in [9.17, 15) is 14.4 Å². The Morgan fingerprint density at radius 3 is 2.17 bits per heavy atom. The second-order valence-corrected chi connectivity index (χ2v) is 7.90. The van der Waals surface area contributed by atoms with Crippen LogP contribution in [0.4, 0.5) is 9.59 Å². The van der Waals surface area contributed by atoms with E-state index in [2.05, 4.69) is 5.32 Å². The molecular formula is C21H31N3O5. The summed E-state index contributed by atoms with van der Waals surface area (Å²) in [7, 11) is 0. The predicted octanol–water partition coefficient (Wildman–Crippen LogP) is 2.42. The highest BCUT2D eigenvalue weighted by Gasteiger charge is 2.31. The van der Waals surface area contributed by atoms with E-state index >= 15 is 0 Å². The van der Waals surface area contributed by atoms with Crippen molar-refractivity contribution < 1.29 is 23.9 Å². The summed E-state index contributed by atoms with van der Waals surface area (Å²) in [4.78, 5) is 40.5. The fourth-order valence-corrected chi connectivity index (χ4v) is 3.04. The molecule has 0 saturated carbocycles. The predicted molar refractivity (Wildman–Crippen MR) is 108 cm³/mol. The van der Waals surface area contributed by atoms with Gasteiger partial charge in [0.05, 0.1) is 6.61 Å². The Labute approximate surface area is 172 Å². The molecule has 1 aromatic carbocycles. The molecule has 0 bridgehead atoms. The number of amides is 3. The third-order valence-corrected chi connectivity index (χ3v) is 4.39. The van der Waals surface area contributed by atoms with E-state index in [1.54, 1.807) is 37.5 Å². The second kappa shape index (κ2) is 10.1. The van der Waals surface area contributed by atoms with Crippen molar-refractivity contribution in [3.05, 3.63) is 35.9 Å². The summed E-state index contributed by atoms with van der Waals surface area (Å²) in [6.45, 7) is 8.97. The number of piperazine rings is 1. The number of benzene rings is 1. The SMILES string of the molecule is CCOC(=O)N1CCN(C(=O)[C@H](Cc2ccccc2)NC(=O)OC(C)(C)C)CC1. The van der Waals surface area contributed by atoms with Gasteiger partial charge in [-0.25, -0.2) is 9.59 Å². The molecule has 3 amide bonds. The zero-order chi connectivity index (χ0) is 21.4. The molecule has 0 aliphatic carbocycles. The first-order valence-corrected chi connectivity index (χ1v) is 9.93. The Balaban J connectivity index is 2.04. The highest BCUT2D eigenvalue weighted by molar-refractivity contribution is 5.86. The lowest BCUT2D eigenvalue weighted by molar-refractivity contribution is -0.135. The van der Waals surface area contributed by atoms with Crippen LogP contribution >= 0.6 is 0 Å². The average Bonchev–Trinajstić information content (AvgIpc) is 2.66. The van der Waals surface area contributed by atoms with Gasteiger partial charge in [0.1, 0.15) is 11.6 Å². The van der Waals surface area contributed by atoms with E-state index in [-0.39, 0.29) is 12.0 Å². The Hall–Kier alpha value is -2.77. The maximum atomic E-state index is 13.1. The zero-order valence-electron chi connectivity index (χ0n) is 17.6. The zero-order valence-corrected chi connectivity index (χ0v) is 17.6. The molecule has 8 heteroatoms. The third-order valence-electron chi connectivity index (χ3n) is 4.39. The number of hydrogen-bond acceptors (Lipinski definition) is 5. The number of hydrogen-bond donors (Lipinski definition) is 1. The molecule has 29 heavy (non-hydrogen) atoms. The number of nitrogens with zero attached hydrogens (tertiary/aromatic N) is 2. The third kappa shape index (κ3) is 7.29. The molecular weight excluding hydrogens is 374 g/mol. The van der Waals surface area contributed by atoms with Crippen LogP contribution in [-0.4, -0.2) is 72.3 Å². The van der Waals surface area contributed by atoms with Gasteiger partial charge in [0, 0.05) is 32.6 Å². The van der Waals surface area contributed by atoms with Crippen LogP contribution < -0.4 is 5.32 Å². The summed E-state index contributed by atoms with van der Waals surface area (Å²) in [5, 5.41) is 2.72. The second-order valence-electron chi connectivity index (χ2n) is 7.90. The molecule has 1 N–H and O–H groups in total. The lowest BCUT2D eigenvalue weighted by Gasteiger charge is -2.36. The molecule has 2 rings (SSSR count). The van der Waals surface area contributed by atoms with Gasteiger partial charge in [-0.05, 0) is 33.3 Å². The Bertz CT molecular complexity index is 694. The quantitative estimate of drug-likeness (QED) is 0.813. The lowest BCUT2D eigenvalue weighted by Crippen LogP contribution is -2.56. The molecule has 0 unspecified atom stereocenters. The summed E-state index contributed by atoms with van der Waals surface area (Å²) in [6, 6.07) is 8.76. The molecule has 1 atom stereocenters. The first-order valence-electron chi connectivity index (χ1n) is 9.93. The smallest absolute Gasteiger partial charge is 0.409 e. The molecule has 0 spiro atoms. The first kappa shape index (κ1) is 22.5. The Morgan fingerprint density at radius 1 is 1.03 bits per heavy atom. The van der Waals surface area contributed by atoms with Crippen molar-refractivity contribution >= 4 is 18.1 Å². The number of rotatable bonds is 5. The van der Waals surface area contributed by atoms with Gasteiger partial charge in [-0.3, -0.25) is 4.79 Å². The van der Waals surface area contributed by atoms with Crippen LogP contribution in [0.15, 0.2) is 30.3 Å². The van der Waals surface area contributed by atoms with E-state index in [1.165, 1.54) is 0 Å². The van der Waals surface area contributed by atoms with Crippen molar-refractivity contribution in [1.82, 2.24) is 15.1 Å². The molecule has 1 aliphatic rings. The minimum Gasteiger partial charge on any atom is -0.450 e. The van der Waals surface area contributed by atoms with Crippen LogP contribution in [0, 0.1) is 0 Å². The van der Waals surface area contributed by atoms with Crippen LogP contribution in [0.2, 0.25) is 0 Å². The van der Waals surface area contributed by atoms with Gasteiger partial charge in [-0.15, -0.1) is 0 Å². The van der Waals surface area contributed by atoms with Gasteiger partial charge in [0.2, 0.25) is 5.91 Å². The fraction of sp³-hybridized carbons (Fsp3) is 0.571. The van der Waals surface area contributed by atoms with Crippen LogP contribution in [0.25, 0.3) is 0 Å². The largest absolute Gasteiger partial charge is 0.450 e. The number of alkyl carbamates (subject to hydrolysis) is 1. The van der Waals surface area contributed by atoms with Crippen molar-refractivity contribution in [2.24, 2.45) is 0 Å². The highest BCUT2D eigenvalue weighted by Crippen LogP contribution is 2.12. The van der Waals surface area contributed by atoms with Gasteiger partial charge in [0.25, 0.3) is 0 Å². The van der Waals surface area contributed by atoms with E-state index in [4.69, 9.17) is 9.47 Å². The molecule has 8 nitrogen and oxygen atoms in total. The maximum Gasteiger partial charge on any atom is 0.409 e. The normalized spacial score (nSPS) is 15.4. The maximum absolute atomic E-state index is 13.1. The number of nitrogens with one attached hydrogen (secondary N) is 1. The summed E-state index contributed by atoms with van der Waals surface area (Å²) in [6.07, 6.45) is -0.638. The molecule has 1 aliphatic heterocycles. The summed E-state index contributed by atoms with van der Waals surface area (Å²) in [5.41, 5.74) is 0.280. The van der Waals surface area contributed by atoms with Crippen molar-refractivity contribution in [2.75, 3.05) is 32.8 Å². The van der Waals surface area contributed by atoms with Crippen LogP contribution in [0.5, 0.6) is 0 Å². The average molecular weight is 405 g/mol. The number of carbonyl (C=O) groups is 3. The minimum atomic E-state index is -0.749. The molecule has 1 saturated heterocycles. The topological polar surface area (TPSA) is 88.2 Å². The Morgan fingerprint density at radius 2 is 1.62 bits per heavy atom. The van der Waals surface area contributed by atoms with Crippen molar-refractivity contribution in [1.29, 1.82) is 0 Å². The summed E-state index contributed by atoms with van der Waals surface area (Å²) in [5.74, 6) is -0.191. The van der Waals surface area contributed by atoms with Gasteiger partial charge in [-0.1, -0.05) is 30.3 Å². The van der Waals surface area contributed by atoms with Crippen molar-refractivity contribution in [2.45, 2.75) is 45.8 Å². The number of carbonyl (C=O) groups excluding carboxylic acids is 3. The monoisotopic (exact) mass is 405 g/mol. The summed E-state index contributed by atoms with van der Waals surface area (Å²) >= 11 is 0. The molecule has 1 aromatic rings. The van der Waals surface area contributed by atoms with Crippen LogP contribution in [0.3, 0.4) is 0 Å².